The normalized spacial score (nSPS) is 20.2. The molecule has 1 amide bonds. The lowest BCUT2D eigenvalue weighted by Gasteiger charge is -2.31. The number of ether oxygens (including phenoxy) is 1. The number of hydrogen-bond acceptors (Lipinski definition) is 6. The van der Waals surface area contributed by atoms with E-state index in [2.05, 4.69) is 9.59 Å². The predicted octanol–water partition coefficient (Wildman–Crippen LogP) is -0.146. The summed E-state index contributed by atoms with van der Waals surface area (Å²) >= 11 is 1.03. The largest absolute Gasteiger partial charge is 0.481 e. The average molecular weight is 257 g/mol. The molecule has 1 aromatic rings. The molecule has 2 rings (SSSR count). The van der Waals surface area contributed by atoms with Gasteiger partial charge in [-0.2, -0.15) is 0 Å². The van der Waals surface area contributed by atoms with E-state index in [-0.39, 0.29) is 12.3 Å². The number of hydrogen-bond donors (Lipinski definition) is 1. The molecule has 1 atom stereocenters. The first-order chi connectivity index (χ1) is 8.16. The topological polar surface area (TPSA) is 92.6 Å². The molecule has 0 saturated carbocycles. The fourth-order valence-electron chi connectivity index (χ4n) is 1.64. The molecular weight excluding hydrogens is 246 g/mol. The first-order valence-corrected chi connectivity index (χ1v) is 5.84. The summed E-state index contributed by atoms with van der Waals surface area (Å²) in [6.45, 7) is 1.12. The third kappa shape index (κ3) is 2.98. The van der Waals surface area contributed by atoms with Crippen molar-refractivity contribution in [3.63, 3.8) is 0 Å². The molecule has 7 nitrogen and oxygen atoms in total. The summed E-state index contributed by atoms with van der Waals surface area (Å²) in [7, 11) is 0. The fraction of sp³-hybridized carbons (Fsp3) is 0.556. The minimum absolute atomic E-state index is 0.0925. The number of amides is 1. The van der Waals surface area contributed by atoms with Crippen molar-refractivity contribution in [1.29, 1.82) is 0 Å². The number of carbonyl (C=O) groups is 2. The van der Waals surface area contributed by atoms with Crippen LogP contribution in [0.25, 0.3) is 0 Å². The highest BCUT2D eigenvalue weighted by Gasteiger charge is 2.27. The number of aromatic nitrogens is 2. The Balaban J connectivity index is 1.97. The van der Waals surface area contributed by atoms with Crippen molar-refractivity contribution in [2.45, 2.75) is 12.5 Å². The minimum atomic E-state index is -0.927. The molecule has 1 fully saturated rings. The second-order valence-corrected chi connectivity index (χ2v) is 4.41. The van der Waals surface area contributed by atoms with Gasteiger partial charge >= 0.3 is 5.97 Å². The zero-order chi connectivity index (χ0) is 12.3. The van der Waals surface area contributed by atoms with E-state index in [0.717, 1.165) is 11.5 Å². The molecule has 1 aliphatic heterocycles. The van der Waals surface area contributed by atoms with E-state index in [1.807, 2.05) is 0 Å². The Kier molecular flexibility index (Phi) is 3.64. The summed E-state index contributed by atoms with van der Waals surface area (Å²) in [6.07, 6.45) is 0.880. The van der Waals surface area contributed by atoms with Crippen LogP contribution < -0.4 is 0 Å². The van der Waals surface area contributed by atoms with Crippen molar-refractivity contribution in [1.82, 2.24) is 14.5 Å². The van der Waals surface area contributed by atoms with Crippen LogP contribution in [0.3, 0.4) is 0 Å². The maximum absolute atomic E-state index is 11.9. The second-order valence-electron chi connectivity index (χ2n) is 3.62. The predicted molar refractivity (Wildman–Crippen MR) is 57.8 cm³/mol. The molecule has 92 valence electrons. The van der Waals surface area contributed by atoms with Crippen molar-refractivity contribution in [2.75, 3.05) is 19.7 Å². The molecule has 8 heteroatoms. The summed E-state index contributed by atoms with van der Waals surface area (Å²) in [5.41, 5.74) is 0. The molecule has 0 spiro atoms. The van der Waals surface area contributed by atoms with E-state index in [1.165, 1.54) is 6.20 Å². The molecule has 0 aliphatic carbocycles. The summed E-state index contributed by atoms with van der Waals surface area (Å²) in [4.78, 5) is 24.6. The number of rotatable bonds is 3. The van der Waals surface area contributed by atoms with E-state index in [9.17, 15) is 9.59 Å². The third-order valence-corrected chi connectivity index (χ3v) is 3.05. The van der Waals surface area contributed by atoms with Gasteiger partial charge in [0, 0.05) is 13.1 Å². The van der Waals surface area contributed by atoms with Crippen molar-refractivity contribution in [2.24, 2.45) is 0 Å². The lowest BCUT2D eigenvalue weighted by atomic mass is 10.2. The van der Waals surface area contributed by atoms with E-state index < -0.39 is 12.1 Å². The second kappa shape index (κ2) is 5.19. The Labute approximate surface area is 101 Å². The van der Waals surface area contributed by atoms with Crippen LogP contribution in [-0.2, 0) is 9.53 Å². The van der Waals surface area contributed by atoms with Gasteiger partial charge < -0.3 is 14.7 Å². The lowest BCUT2D eigenvalue weighted by molar-refractivity contribution is -0.141. The average Bonchev–Trinajstić information content (AvgIpc) is 2.81. The molecule has 1 aromatic heterocycles. The van der Waals surface area contributed by atoms with Crippen LogP contribution in [0.4, 0.5) is 0 Å². The number of carbonyl (C=O) groups excluding carboxylic acids is 1. The van der Waals surface area contributed by atoms with Gasteiger partial charge in [-0.3, -0.25) is 9.59 Å². The van der Waals surface area contributed by atoms with Crippen molar-refractivity contribution >= 4 is 23.4 Å². The van der Waals surface area contributed by atoms with E-state index in [4.69, 9.17) is 9.84 Å². The summed E-state index contributed by atoms with van der Waals surface area (Å²) in [5.74, 6) is -1.09. The number of nitrogens with zero attached hydrogens (tertiary/aromatic N) is 3. The van der Waals surface area contributed by atoms with Gasteiger partial charge in [-0.15, -0.1) is 5.10 Å². The van der Waals surface area contributed by atoms with Gasteiger partial charge in [0.1, 0.15) is 4.88 Å². The fourth-order valence-corrected chi connectivity index (χ4v) is 2.12. The zero-order valence-corrected chi connectivity index (χ0v) is 9.72. The van der Waals surface area contributed by atoms with Crippen molar-refractivity contribution < 1.29 is 19.4 Å². The number of aliphatic carboxylic acids is 1. The highest BCUT2D eigenvalue weighted by atomic mass is 32.1. The van der Waals surface area contributed by atoms with Gasteiger partial charge in [0.25, 0.3) is 5.91 Å². The maximum Gasteiger partial charge on any atom is 0.306 e. The molecule has 1 aliphatic rings. The summed E-state index contributed by atoms with van der Waals surface area (Å²) < 4.78 is 8.91. The summed E-state index contributed by atoms with van der Waals surface area (Å²) in [6, 6.07) is 0. The Morgan fingerprint density at radius 2 is 2.47 bits per heavy atom. The van der Waals surface area contributed by atoms with Gasteiger partial charge in [-0.25, -0.2) is 0 Å². The first kappa shape index (κ1) is 11.9. The third-order valence-electron chi connectivity index (χ3n) is 2.40. The molecule has 1 saturated heterocycles. The van der Waals surface area contributed by atoms with Crippen LogP contribution in [0.5, 0.6) is 0 Å². The van der Waals surface area contributed by atoms with Gasteiger partial charge in [-0.05, 0) is 11.5 Å². The molecule has 1 unspecified atom stereocenters. The van der Waals surface area contributed by atoms with Crippen molar-refractivity contribution in [3.05, 3.63) is 11.1 Å². The molecule has 2 heterocycles. The molecule has 0 radical (unpaired) electrons. The number of morpholine rings is 1. The summed E-state index contributed by atoms with van der Waals surface area (Å²) in [5, 5.41) is 12.3. The van der Waals surface area contributed by atoms with Gasteiger partial charge in [-0.1, -0.05) is 4.49 Å². The number of carboxylic acids is 1. The van der Waals surface area contributed by atoms with Crippen molar-refractivity contribution in [3.8, 4) is 0 Å². The number of carboxylic acid groups (broad SMARTS) is 1. The van der Waals surface area contributed by atoms with Crippen LogP contribution >= 0.6 is 11.5 Å². The van der Waals surface area contributed by atoms with Crippen LogP contribution in [0, 0.1) is 0 Å². The standard InChI is InChI=1S/C9H11N3O4S/c13-8(14)3-6-5-12(1-2-16-6)9(15)7-4-10-11-17-7/h4,6H,1-3,5H2,(H,13,14). The van der Waals surface area contributed by atoms with Crippen LogP contribution in [0.1, 0.15) is 16.1 Å². The van der Waals surface area contributed by atoms with Gasteiger partial charge in [0.2, 0.25) is 0 Å². The molecule has 1 N–H and O–H groups in total. The van der Waals surface area contributed by atoms with E-state index in [0.29, 0.717) is 24.6 Å². The zero-order valence-electron chi connectivity index (χ0n) is 8.90. The maximum atomic E-state index is 11.9. The van der Waals surface area contributed by atoms with Crippen LogP contribution in [0.2, 0.25) is 0 Å². The Morgan fingerprint density at radius 3 is 3.12 bits per heavy atom. The van der Waals surface area contributed by atoms with Gasteiger partial charge in [0.15, 0.2) is 0 Å². The lowest BCUT2D eigenvalue weighted by Crippen LogP contribution is -2.46. The Hall–Kier alpha value is -1.54. The van der Waals surface area contributed by atoms with Crippen LogP contribution in [-0.4, -0.2) is 57.3 Å². The van der Waals surface area contributed by atoms with E-state index >= 15 is 0 Å². The quantitative estimate of drug-likeness (QED) is 0.809. The Bertz CT molecular complexity index is 408. The van der Waals surface area contributed by atoms with Crippen LogP contribution in [0.15, 0.2) is 6.20 Å². The highest BCUT2D eigenvalue weighted by molar-refractivity contribution is 7.07. The highest BCUT2D eigenvalue weighted by Crippen LogP contribution is 2.13. The Morgan fingerprint density at radius 1 is 1.65 bits per heavy atom. The molecule has 17 heavy (non-hydrogen) atoms. The smallest absolute Gasteiger partial charge is 0.306 e. The molecule has 0 bridgehead atoms. The molecular formula is C9H11N3O4S. The van der Waals surface area contributed by atoms with Gasteiger partial charge in [0.05, 0.1) is 25.3 Å². The minimum Gasteiger partial charge on any atom is -0.481 e. The van der Waals surface area contributed by atoms with E-state index in [1.54, 1.807) is 4.90 Å². The first-order valence-electron chi connectivity index (χ1n) is 5.07. The monoisotopic (exact) mass is 257 g/mol. The SMILES string of the molecule is O=C(O)CC1CN(C(=O)c2cnns2)CCO1. The molecule has 0 aromatic carbocycles.